The summed E-state index contributed by atoms with van der Waals surface area (Å²) in [5, 5.41) is 0.917. The predicted molar refractivity (Wildman–Crippen MR) is 108 cm³/mol. The average Bonchev–Trinajstić information content (AvgIpc) is 3.16. The van der Waals surface area contributed by atoms with Gasteiger partial charge in [0, 0.05) is 54.0 Å². The second-order valence-electron chi connectivity index (χ2n) is 6.91. The van der Waals surface area contributed by atoms with E-state index in [9.17, 15) is 13.2 Å². The summed E-state index contributed by atoms with van der Waals surface area (Å²) < 4.78 is 39.3. The first-order valence-corrected chi connectivity index (χ1v) is 9.31. The molecule has 0 aliphatic heterocycles. The number of hydrogen-bond acceptors (Lipinski definition) is 3. The van der Waals surface area contributed by atoms with Crippen molar-refractivity contribution in [1.29, 1.82) is 0 Å². The lowest BCUT2D eigenvalue weighted by Crippen LogP contribution is -2.10. The summed E-state index contributed by atoms with van der Waals surface area (Å²) in [7, 11) is 0. The Labute approximate surface area is 171 Å². The van der Waals surface area contributed by atoms with Crippen molar-refractivity contribution in [2.75, 3.05) is 0 Å². The van der Waals surface area contributed by atoms with Crippen molar-refractivity contribution in [3.63, 3.8) is 0 Å². The highest BCUT2D eigenvalue weighted by Gasteiger charge is 2.32. The minimum Gasteiger partial charge on any atom is -0.346 e. The van der Waals surface area contributed by atoms with Gasteiger partial charge in [-0.1, -0.05) is 12.0 Å². The maximum Gasteiger partial charge on any atom is 0.416 e. The minimum absolute atomic E-state index is 0.170. The number of aryl methyl sites for hydroxylation is 2. The normalized spacial score (nSPS) is 11.5. The maximum atomic E-state index is 13.1. The fourth-order valence-electron chi connectivity index (χ4n) is 3.48. The number of terminal acetylenes is 1. The quantitative estimate of drug-likeness (QED) is 0.488. The first kappa shape index (κ1) is 19.6. The van der Waals surface area contributed by atoms with Crippen LogP contribution in [0.3, 0.4) is 0 Å². The number of nitrogens with one attached hydrogen (secondary N) is 1. The van der Waals surface area contributed by atoms with Crippen LogP contribution in [0.1, 0.15) is 33.5 Å². The van der Waals surface area contributed by atoms with Crippen molar-refractivity contribution in [2.45, 2.75) is 25.4 Å². The van der Waals surface area contributed by atoms with E-state index in [1.807, 2.05) is 18.3 Å². The molecule has 0 aliphatic rings. The van der Waals surface area contributed by atoms with Gasteiger partial charge < -0.3 is 4.98 Å². The summed E-state index contributed by atoms with van der Waals surface area (Å²) in [6.45, 7) is 0. The largest absolute Gasteiger partial charge is 0.416 e. The fraction of sp³-hybridized carbons (Fsp3) is 0.174. The summed E-state index contributed by atoms with van der Waals surface area (Å²) in [6.07, 6.45) is 10.2. The van der Waals surface area contributed by atoms with Crippen LogP contribution < -0.4 is 0 Å². The third-order valence-electron chi connectivity index (χ3n) is 4.95. The molecule has 30 heavy (non-hydrogen) atoms. The zero-order valence-electron chi connectivity index (χ0n) is 15.9. The lowest BCUT2D eigenvalue weighted by molar-refractivity contribution is -0.138. The summed E-state index contributed by atoms with van der Waals surface area (Å²) >= 11 is 0. The predicted octanol–water partition coefficient (Wildman–Crippen LogP) is 4.73. The molecule has 0 amide bonds. The molecule has 4 heterocycles. The smallest absolute Gasteiger partial charge is 0.346 e. The van der Waals surface area contributed by atoms with E-state index in [-0.39, 0.29) is 12.0 Å². The number of aromatic nitrogens is 4. The highest BCUT2D eigenvalue weighted by Crippen LogP contribution is 2.32. The maximum absolute atomic E-state index is 13.1. The van der Waals surface area contributed by atoms with E-state index < -0.39 is 11.7 Å². The third kappa shape index (κ3) is 4.03. The van der Waals surface area contributed by atoms with Crippen molar-refractivity contribution in [2.24, 2.45) is 0 Å². The van der Waals surface area contributed by atoms with Crippen molar-refractivity contribution in [3.05, 3.63) is 88.8 Å². The van der Waals surface area contributed by atoms with Gasteiger partial charge in [0.05, 0.1) is 5.56 Å². The number of H-pyrrole nitrogens is 1. The summed E-state index contributed by atoms with van der Waals surface area (Å²) in [4.78, 5) is 15.7. The molecule has 1 N–H and O–H groups in total. The molecular formula is C23H17F3N4. The lowest BCUT2D eigenvalue weighted by Gasteiger charge is -2.11. The molecule has 0 radical (unpaired) electrons. The molecule has 4 rings (SSSR count). The number of pyridine rings is 3. The number of nitrogens with zero attached hydrogens (tertiary/aromatic N) is 3. The molecule has 0 bridgehead atoms. The molecule has 0 fully saturated rings. The van der Waals surface area contributed by atoms with Gasteiger partial charge >= 0.3 is 6.18 Å². The Hall–Kier alpha value is -3.66. The Morgan fingerprint density at radius 1 is 0.967 bits per heavy atom. The molecule has 0 spiro atoms. The van der Waals surface area contributed by atoms with Crippen LogP contribution >= 0.6 is 0 Å². The van der Waals surface area contributed by atoms with Gasteiger partial charge in [-0.2, -0.15) is 13.2 Å². The van der Waals surface area contributed by atoms with Crippen LogP contribution in [0.5, 0.6) is 0 Å². The van der Waals surface area contributed by atoms with Gasteiger partial charge in [-0.15, -0.1) is 6.42 Å². The van der Waals surface area contributed by atoms with E-state index in [2.05, 4.69) is 25.9 Å². The van der Waals surface area contributed by atoms with Crippen LogP contribution in [0.2, 0.25) is 0 Å². The van der Waals surface area contributed by atoms with Gasteiger partial charge in [0.1, 0.15) is 5.65 Å². The highest BCUT2D eigenvalue weighted by atomic mass is 19.4. The molecule has 0 saturated heterocycles. The number of fused-ring (bicyclic) bond motifs is 1. The molecule has 0 unspecified atom stereocenters. The van der Waals surface area contributed by atoms with E-state index in [1.54, 1.807) is 18.5 Å². The van der Waals surface area contributed by atoms with Gasteiger partial charge in [0.25, 0.3) is 0 Å². The van der Waals surface area contributed by atoms with Crippen LogP contribution in [-0.2, 0) is 25.4 Å². The SMILES string of the molecule is C#Cc1ccnc2[nH]cc(Cc3ccc(CCc4cnccc4C(F)(F)F)nc3)c12. The molecule has 7 heteroatoms. The number of rotatable bonds is 5. The van der Waals surface area contributed by atoms with E-state index in [0.29, 0.717) is 12.8 Å². The molecule has 4 nitrogen and oxygen atoms in total. The Balaban J connectivity index is 1.48. The monoisotopic (exact) mass is 406 g/mol. The molecule has 4 aromatic rings. The van der Waals surface area contributed by atoms with E-state index in [0.717, 1.165) is 45.7 Å². The lowest BCUT2D eigenvalue weighted by atomic mass is 10.0. The summed E-state index contributed by atoms with van der Waals surface area (Å²) in [5.74, 6) is 2.68. The van der Waals surface area contributed by atoms with E-state index >= 15 is 0 Å². The van der Waals surface area contributed by atoms with Crippen LogP contribution in [0.15, 0.2) is 55.2 Å². The van der Waals surface area contributed by atoms with Gasteiger partial charge in [0.15, 0.2) is 0 Å². The molecule has 150 valence electrons. The summed E-state index contributed by atoms with van der Waals surface area (Å²) in [5.41, 5.74) is 3.75. The van der Waals surface area contributed by atoms with Crippen molar-refractivity contribution in [1.82, 2.24) is 19.9 Å². The number of halogens is 3. The summed E-state index contributed by atoms with van der Waals surface area (Å²) in [6, 6.07) is 6.58. The Morgan fingerprint density at radius 3 is 2.57 bits per heavy atom. The van der Waals surface area contributed by atoms with Gasteiger partial charge in [0.2, 0.25) is 0 Å². The first-order chi connectivity index (χ1) is 14.5. The van der Waals surface area contributed by atoms with E-state index in [4.69, 9.17) is 6.42 Å². The molecule has 0 atom stereocenters. The molecule has 4 aromatic heterocycles. The number of aromatic amines is 1. The van der Waals surface area contributed by atoms with Crippen molar-refractivity contribution < 1.29 is 13.2 Å². The molecule has 0 aromatic carbocycles. The molecule has 0 aliphatic carbocycles. The van der Waals surface area contributed by atoms with Crippen molar-refractivity contribution >= 4 is 11.0 Å². The first-order valence-electron chi connectivity index (χ1n) is 9.31. The molecular weight excluding hydrogens is 389 g/mol. The van der Waals surface area contributed by atoms with Gasteiger partial charge in [-0.3, -0.25) is 9.97 Å². The Morgan fingerprint density at radius 2 is 1.83 bits per heavy atom. The average molecular weight is 406 g/mol. The third-order valence-corrected chi connectivity index (χ3v) is 4.95. The zero-order chi connectivity index (χ0) is 21.1. The topological polar surface area (TPSA) is 54.5 Å². The second kappa shape index (κ2) is 7.99. The standard InChI is InChI=1S/C23H17F3N4/c1-2-16-7-10-28-22-21(16)18(14-30-22)11-15-3-5-19(29-12-15)6-4-17-13-27-9-8-20(17)23(24,25)26/h1,3,5,7-10,12-14H,4,6,11H2,(H,28,30). The van der Waals surface area contributed by atoms with Crippen LogP contribution in [-0.4, -0.2) is 19.9 Å². The van der Waals surface area contributed by atoms with E-state index in [1.165, 1.54) is 6.20 Å². The van der Waals surface area contributed by atoms with Gasteiger partial charge in [-0.25, -0.2) is 4.98 Å². The van der Waals surface area contributed by atoms with Crippen molar-refractivity contribution in [3.8, 4) is 12.3 Å². The van der Waals surface area contributed by atoms with Crippen LogP contribution in [0, 0.1) is 12.3 Å². The fourth-order valence-corrected chi connectivity index (χ4v) is 3.48. The Bertz CT molecular complexity index is 1220. The van der Waals surface area contributed by atoms with Gasteiger partial charge in [-0.05, 0) is 47.7 Å². The molecule has 0 saturated carbocycles. The Kier molecular flexibility index (Phi) is 5.23. The zero-order valence-corrected chi connectivity index (χ0v) is 15.9. The second-order valence-corrected chi connectivity index (χ2v) is 6.91. The number of hydrogen-bond donors (Lipinski definition) is 1. The van der Waals surface area contributed by atoms with Crippen LogP contribution in [0.4, 0.5) is 13.2 Å². The number of alkyl halides is 3. The minimum atomic E-state index is -4.39. The van der Waals surface area contributed by atoms with Crippen LogP contribution in [0.25, 0.3) is 11.0 Å². The highest BCUT2D eigenvalue weighted by molar-refractivity contribution is 5.86.